The molecule has 0 aromatic carbocycles. The molecule has 0 heterocycles. The van der Waals surface area contributed by atoms with Crippen molar-refractivity contribution in [1.82, 2.24) is 4.90 Å². The molecule has 16 heavy (non-hydrogen) atoms. The first-order valence-electron chi connectivity index (χ1n) is 6.47. The SMILES string of the molecule is CCCC(CS)(CCC)CN(C)C(C)CO. The van der Waals surface area contributed by atoms with Gasteiger partial charge in [0.05, 0.1) is 6.61 Å². The summed E-state index contributed by atoms with van der Waals surface area (Å²) in [6, 6.07) is 0.243. The second kappa shape index (κ2) is 8.37. The summed E-state index contributed by atoms with van der Waals surface area (Å²) in [7, 11) is 2.10. The van der Waals surface area contributed by atoms with Crippen LogP contribution in [0.3, 0.4) is 0 Å². The Morgan fingerprint density at radius 3 is 2.06 bits per heavy atom. The first-order valence-corrected chi connectivity index (χ1v) is 7.10. The van der Waals surface area contributed by atoms with Crippen LogP contribution < -0.4 is 0 Å². The molecule has 0 aliphatic heterocycles. The Bertz CT molecular complexity index is 169. The van der Waals surface area contributed by atoms with E-state index in [1.165, 1.54) is 25.7 Å². The van der Waals surface area contributed by atoms with E-state index < -0.39 is 0 Å². The number of hydrogen-bond acceptors (Lipinski definition) is 3. The van der Waals surface area contributed by atoms with E-state index in [-0.39, 0.29) is 12.6 Å². The molecule has 0 rings (SSSR count). The van der Waals surface area contributed by atoms with Crippen LogP contribution in [0, 0.1) is 5.41 Å². The van der Waals surface area contributed by atoms with E-state index in [4.69, 9.17) is 0 Å². The maximum Gasteiger partial charge on any atom is 0.0584 e. The minimum absolute atomic E-state index is 0.234. The van der Waals surface area contributed by atoms with Crippen LogP contribution >= 0.6 is 12.6 Å². The van der Waals surface area contributed by atoms with E-state index in [1.807, 2.05) is 0 Å². The van der Waals surface area contributed by atoms with Crippen molar-refractivity contribution in [3.05, 3.63) is 0 Å². The van der Waals surface area contributed by atoms with Gasteiger partial charge in [0.15, 0.2) is 0 Å². The second-order valence-corrected chi connectivity index (χ2v) is 5.42. The molecule has 0 aliphatic carbocycles. The summed E-state index contributed by atoms with van der Waals surface area (Å²) in [4.78, 5) is 2.27. The van der Waals surface area contributed by atoms with Gasteiger partial charge in [0, 0.05) is 12.6 Å². The van der Waals surface area contributed by atoms with Gasteiger partial charge < -0.3 is 10.0 Å². The summed E-state index contributed by atoms with van der Waals surface area (Å²) >= 11 is 4.55. The van der Waals surface area contributed by atoms with Crippen molar-refractivity contribution in [2.24, 2.45) is 5.41 Å². The van der Waals surface area contributed by atoms with Gasteiger partial charge in [-0.15, -0.1) is 0 Å². The molecular weight excluding hydrogens is 218 g/mol. The number of thiol groups is 1. The van der Waals surface area contributed by atoms with E-state index in [9.17, 15) is 5.11 Å². The smallest absolute Gasteiger partial charge is 0.0584 e. The van der Waals surface area contributed by atoms with Crippen molar-refractivity contribution >= 4 is 12.6 Å². The fourth-order valence-electron chi connectivity index (χ4n) is 2.38. The lowest BCUT2D eigenvalue weighted by Crippen LogP contribution is -2.42. The lowest BCUT2D eigenvalue weighted by Gasteiger charge is -2.38. The van der Waals surface area contributed by atoms with Gasteiger partial charge >= 0.3 is 0 Å². The van der Waals surface area contributed by atoms with Crippen molar-refractivity contribution in [3.8, 4) is 0 Å². The molecule has 98 valence electrons. The summed E-state index contributed by atoms with van der Waals surface area (Å²) in [6.07, 6.45) is 4.88. The van der Waals surface area contributed by atoms with Crippen molar-refractivity contribution in [2.45, 2.75) is 52.5 Å². The van der Waals surface area contributed by atoms with Crippen molar-refractivity contribution in [3.63, 3.8) is 0 Å². The Morgan fingerprint density at radius 1 is 1.25 bits per heavy atom. The van der Waals surface area contributed by atoms with Crippen LogP contribution in [0.15, 0.2) is 0 Å². The molecular formula is C13H29NOS. The molecule has 1 N–H and O–H groups in total. The van der Waals surface area contributed by atoms with Crippen LogP contribution in [0.25, 0.3) is 0 Å². The lowest BCUT2D eigenvalue weighted by atomic mass is 9.80. The van der Waals surface area contributed by atoms with Gasteiger partial charge in [0.2, 0.25) is 0 Å². The summed E-state index contributed by atoms with van der Waals surface area (Å²) in [5.74, 6) is 0.942. The Hall–Kier alpha value is 0.270. The molecule has 0 aliphatic rings. The van der Waals surface area contributed by atoms with Gasteiger partial charge in [-0.1, -0.05) is 26.7 Å². The molecule has 0 radical (unpaired) electrons. The minimum Gasteiger partial charge on any atom is -0.395 e. The maximum atomic E-state index is 9.17. The molecule has 0 fully saturated rings. The maximum absolute atomic E-state index is 9.17. The number of likely N-dealkylation sites (N-methyl/N-ethyl adjacent to an activating group) is 1. The number of hydrogen-bond donors (Lipinski definition) is 2. The highest BCUT2D eigenvalue weighted by Crippen LogP contribution is 2.32. The molecule has 0 aromatic rings. The molecule has 0 saturated heterocycles. The highest BCUT2D eigenvalue weighted by atomic mass is 32.1. The van der Waals surface area contributed by atoms with Crippen LogP contribution in [-0.4, -0.2) is 42.0 Å². The fraction of sp³-hybridized carbons (Fsp3) is 1.00. The summed E-state index contributed by atoms with van der Waals surface area (Å²) < 4.78 is 0. The highest BCUT2D eigenvalue weighted by Gasteiger charge is 2.29. The van der Waals surface area contributed by atoms with Gasteiger partial charge in [0.1, 0.15) is 0 Å². The number of rotatable bonds is 9. The van der Waals surface area contributed by atoms with Crippen LogP contribution in [0.5, 0.6) is 0 Å². The molecule has 0 amide bonds. The van der Waals surface area contributed by atoms with Crippen LogP contribution in [0.2, 0.25) is 0 Å². The summed E-state index contributed by atoms with van der Waals surface area (Å²) in [6.45, 7) is 7.82. The van der Waals surface area contributed by atoms with E-state index >= 15 is 0 Å². The Morgan fingerprint density at radius 2 is 1.75 bits per heavy atom. The predicted molar refractivity (Wildman–Crippen MR) is 75.3 cm³/mol. The van der Waals surface area contributed by atoms with Crippen LogP contribution in [0.4, 0.5) is 0 Å². The normalized spacial score (nSPS) is 14.4. The van der Waals surface area contributed by atoms with Gasteiger partial charge in [-0.25, -0.2) is 0 Å². The van der Waals surface area contributed by atoms with Gasteiger partial charge in [-0.2, -0.15) is 12.6 Å². The third-order valence-corrected chi connectivity index (χ3v) is 4.17. The third kappa shape index (κ3) is 5.07. The van der Waals surface area contributed by atoms with Gasteiger partial charge in [0.25, 0.3) is 0 Å². The average Bonchev–Trinajstić information content (AvgIpc) is 2.28. The van der Waals surface area contributed by atoms with E-state index in [0.29, 0.717) is 5.41 Å². The predicted octanol–water partition coefficient (Wildman–Crippen LogP) is 2.82. The molecule has 0 spiro atoms. The average molecular weight is 247 g/mol. The third-order valence-electron chi connectivity index (χ3n) is 3.50. The molecule has 0 saturated carbocycles. The number of nitrogens with zero attached hydrogens (tertiary/aromatic N) is 1. The first-order chi connectivity index (χ1) is 7.55. The number of aliphatic hydroxyl groups excluding tert-OH is 1. The zero-order chi connectivity index (χ0) is 12.6. The number of aliphatic hydroxyl groups is 1. The second-order valence-electron chi connectivity index (χ2n) is 5.10. The summed E-state index contributed by atoms with van der Waals surface area (Å²) in [5.41, 5.74) is 0.324. The zero-order valence-electron chi connectivity index (χ0n) is 11.4. The van der Waals surface area contributed by atoms with Crippen molar-refractivity contribution in [2.75, 3.05) is 26.0 Å². The Kier molecular flexibility index (Phi) is 8.52. The lowest BCUT2D eigenvalue weighted by molar-refractivity contribution is 0.102. The van der Waals surface area contributed by atoms with Crippen LogP contribution in [0.1, 0.15) is 46.5 Å². The van der Waals surface area contributed by atoms with Crippen LogP contribution in [-0.2, 0) is 0 Å². The fourth-order valence-corrected chi connectivity index (χ4v) is 2.79. The monoisotopic (exact) mass is 247 g/mol. The summed E-state index contributed by atoms with van der Waals surface area (Å²) in [5, 5.41) is 9.17. The molecule has 0 bridgehead atoms. The molecule has 2 nitrogen and oxygen atoms in total. The first kappa shape index (κ1) is 16.3. The molecule has 3 heteroatoms. The Labute approximate surface area is 107 Å². The van der Waals surface area contributed by atoms with E-state index in [0.717, 1.165) is 12.3 Å². The van der Waals surface area contributed by atoms with Gasteiger partial charge in [-0.3, -0.25) is 0 Å². The standard InChI is InChI=1S/C13H29NOS/c1-5-7-13(11-16,8-6-2)10-14(4)12(3)9-15/h12,15-16H,5-11H2,1-4H3. The van der Waals surface area contributed by atoms with Crippen molar-refractivity contribution in [1.29, 1.82) is 0 Å². The molecule has 1 atom stereocenters. The van der Waals surface area contributed by atoms with Crippen molar-refractivity contribution < 1.29 is 5.11 Å². The Balaban J connectivity index is 4.49. The quantitative estimate of drug-likeness (QED) is 0.612. The highest BCUT2D eigenvalue weighted by molar-refractivity contribution is 7.80. The largest absolute Gasteiger partial charge is 0.395 e. The molecule has 1 unspecified atom stereocenters. The topological polar surface area (TPSA) is 23.5 Å². The van der Waals surface area contributed by atoms with E-state index in [2.05, 4.69) is 45.3 Å². The minimum atomic E-state index is 0.234. The molecule has 0 aromatic heterocycles. The zero-order valence-corrected chi connectivity index (χ0v) is 12.3. The van der Waals surface area contributed by atoms with Gasteiger partial charge in [-0.05, 0) is 38.0 Å². The van der Waals surface area contributed by atoms with E-state index in [1.54, 1.807) is 0 Å².